The summed E-state index contributed by atoms with van der Waals surface area (Å²) in [6.45, 7) is 0.128. The number of aliphatic hydroxyl groups is 2. The fourth-order valence-electron chi connectivity index (χ4n) is 2.79. The van der Waals surface area contributed by atoms with E-state index in [4.69, 9.17) is 5.11 Å². The highest BCUT2D eigenvalue weighted by Crippen LogP contribution is 2.37. The van der Waals surface area contributed by atoms with E-state index in [0.29, 0.717) is 12.1 Å². The minimum absolute atomic E-state index is 0. The number of halogens is 1. The zero-order valence-corrected chi connectivity index (χ0v) is 8.70. The van der Waals surface area contributed by atoms with Gasteiger partial charge in [0.1, 0.15) is 0 Å². The molecule has 2 aliphatic heterocycles. The van der Waals surface area contributed by atoms with Gasteiger partial charge >= 0.3 is 0 Å². The summed E-state index contributed by atoms with van der Waals surface area (Å²) in [4.78, 5) is 2.33. The first-order valence-electron chi connectivity index (χ1n) is 4.75. The molecule has 0 radical (unpaired) electrons. The molecule has 2 N–H and O–H groups in total. The zero-order chi connectivity index (χ0) is 8.72. The smallest absolute Gasteiger partial charge is 0.0620 e. The van der Waals surface area contributed by atoms with Crippen LogP contribution in [0.3, 0.4) is 0 Å². The first-order valence-corrected chi connectivity index (χ1v) is 4.75. The van der Waals surface area contributed by atoms with E-state index in [-0.39, 0.29) is 31.0 Å². The van der Waals surface area contributed by atoms with Crippen molar-refractivity contribution in [2.45, 2.75) is 37.5 Å². The molecular formula is C9H18ClNO2. The highest BCUT2D eigenvalue weighted by atomic mass is 35.5. The number of fused-ring (bicyclic) bond motifs is 2. The summed E-state index contributed by atoms with van der Waals surface area (Å²) in [6, 6.07) is 0.983. The largest absolute Gasteiger partial charge is 0.396 e. The highest BCUT2D eigenvalue weighted by molar-refractivity contribution is 5.85. The topological polar surface area (TPSA) is 43.7 Å². The van der Waals surface area contributed by atoms with Crippen LogP contribution < -0.4 is 0 Å². The average molecular weight is 208 g/mol. The van der Waals surface area contributed by atoms with Crippen molar-refractivity contribution >= 4 is 12.4 Å². The Kier molecular flexibility index (Phi) is 3.57. The Morgan fingerprint density at radius 2 is 2.08 bits per heavy atom. The van der Waals surface area contributed by atoms with Gasteiger partial charge in [-0.15, -0.1) is 12.4 Å². The monoisotopic (exact) mass is 207 g/mol. The van der Waals surface area contributed by atoms with E-state index in [1.807, 2.05) is 0 Å². The number of nitrogens with zero attached hydrogens (tertiary/aromatic N) is 1. The molecule has 78 valence electrons. The van der Waals surface area contributed by atoms with Crippen LogP contribution in [-0.4, -0.2) is 47.0 Å². The summed E-state index contributed by atoms with van der Waals surface area (Å²) in [5, 5.41) is 18.8. The summed E-state index contributed by atoms with van der Waals surface area (Å²) in [6.07, 6.45) is 2.90. The normalized spacial score (nSPS) is 44.5. The molecule has 0 aromatic carbocycles. The van der Waals surface area contributed by atoms with Gasteiger partial charge in [0.15, 0.2) is 0 Å². The minimum atomic E-state index is -0.274. The molecule has 4 unspecified atom stereocenters. The Hall–Kier alpha value is 0.170. The average Bonchev–Trinajstić information content (AvgIpc) is 2.34. The van der Waals surface area contributed by atoms with Crippen molar-refractivity contribution in [3.63, 3.8) is 0 Å². The minimum Gasteiger partial charge on any atom is -0.396 e. The summed E-state index contributed by atoms with van der Waals surface area (Å²) in [7, 11) is 2.11. The van der Waals surface area contributed by atoms with Gasteiger partial charge in [0, 0.05) is 24.6 Å². The van der Waals surface area contributed by atoms with Crippen LogP contribution in [0.4, 0.5) is 0 Å². The van der Waals surface area contributed by atoms with E-state index in [1.54, 1.807) is 0 Å². The van der Waals surface area contributed by atoms with Gasteiger partial charge in [-0.05, 0) is 26.3 Å². The van der Waals surface area contributed by atoms with E-state index in [9.17, 15) is 5.11 Å². The van der Waals surface area contributed by atoms with Crippen molar-refractivity contribution in [3.8, 4) is 0 Å². The van der Waals surface area contributed by atoms with Crippen molar-refractivity contribution in [1.82, 2.24) is 4.90 Å². The van der Waals surface area contributed by atoms with E-state index in [0.717, 1.165) is 12.8 Å². The molecule has 0 saturated carbocycles. The van der Waals surface area contributed by atoms with Gasteiger partial charge in [-0.2, -0.15) is 0 Å². The van der Waals surface area contributed by atoms with Gasteiger partial charge < -0.3 is 10.2 Å². The summed E-state index contributed by atoms with van der Waals surface area (Å²) < 4.78 is 0. The van der Waals surface area contributed by atoms with Crippen molar-refractivity contribution in [2.24, 2.45) is 5.92 Å². The molecule has 0 amide bonds. The maximum Gasteiger partial charge on any atom is 0.0620 e. The lowest BCUT2D eigenvalue weighted by Crippen LogP contribution is -2.50. The molecule has 2 bridgehead atoms. The summed E-state index contributed by atoms with van der Waals surface area (Å²) >= 11 is 0. The number of aliphatic hydroxyl groups excluding tert-OH is 2. The first-order chi connectivity index (χ1) is 5.74. The maximum absolute atomic E-state index is 9.68. The third kappa shape index (κ3) is 1.71. The molecule has 4 atom stereocenters. The molecule has 4 heteroatoms. The van der Waals surface area contributed by atoms with Gasteiger partial charge in [0.25, 0.3) is 0 Å². The quantitative estimate of drug-likeness (QED) is 0.648. The first kappa shape index (κ1) is 11.2. The van der Waals surface area contributed by atoms with Crippen molar-refractivity contribution < 1.29 is 10.2 Å². The number of hydrogen-bond donors (Lipinski definition) is 2. The molecule has 2 fully saturated rings. The van der Waals surface area contributed by atoms with Crippen molar-refractivity contribution in [2.75, 3.05) is 13.7 Å². The Balaban J connectivity index is 0.000000845. The molecule has 2 aliphatic rings. The predicted octanol–water partition coefficient (Wildman–Crippen LogP) is 0.244. The van der Waals surface area contributed by atoms with Crippen LogP contribution in [0.2, 0.25) is 0 Å². The van der Waals surface area contributed by atoms with Gasteiger partial charge in [0.2, 0.25) is 0 Å². The third-order valence-electron chi connectivity index (χ3n) is 3.61. The molecule has 3 nitrogen and oxygen atoms in total. The second-order valence-corrected chi connectivity index (χ2v) is 4.11. The predicted molar refractivity (Wildman–Crippen MR) is 53.0 cm³/mol. The van der Waals surface area contributed by atoms with Crippen LogP contribution in [0.1, 0.15) is 19.3 Å². The molecule has 13 heavy (non-hydrogen) atoms. The molecule has 0 aromatic rings. The van der Waals surface area contributed by atoms with E-state index in [1.165, 1.54) is 6.42 Å². The molecule has 2 heterocycles. The summed E-state index contributed by atoms with van der Waals surface area (Å²) in [5.74, 6) is 0.0914. The van der Waals surface area contributed by atoms with Crippen LogP contribution in [-0.2, 0) is 0 Å². The highest BCUT2D eigenvalue weighted by Gasteiger charge is 2.44. The van der Waals surface area contributed by atoms with Gasteiger partial charge in [-0.1, -0.05) is 0 Å². The molecular weight excluding hydrogens is 190 g/mol. The Labute approximate surface area is 85.1 Å². The maximum atomic E-state index is 9.68. The Morgan fingerprint density at radius 3 is 2.69 bits per heavy atom. The number of hydrogen-bond acceptors (Lipinski definition) is 3. The Morgan fingerprint density at radius 1 is 1.38 bits per heavy atom. The van der Waals surface area contributed by atoms with Crippen molar-refractivity contribution in [3.05, 3.63) is 0 Å². The number of piperidine rings is 1. The van der Waals surface area contributed by atoms with Crippen LogP contribution >= 0.6 is 12.4 Å². The number of rotatable bonds is 1. The lowest BCUT2D eigenvalue weighted by Gasteiger charge is -2.39. The molecule has 2 saturated heterocycles. The third-order valence-corrected chi connectivity index (χ3v) is 3.61. The lowest BCUT2D eigenvalue weighted by atomic mass is 9.88. The molecule has 2 rings (SSSR count). The van der Waals surface area contributed by atoms with Gasteiger partial charge in [-0.25, -0.2) is 0 Å². The fourth-order valence-corrected chi connectivity index (χ4v) is 2.79. The van der Waals surface area contributed by atoms with Gasteiger partial charge in [0.05, 0.1) is 6.10 Å². The molecule has 0 aliphatic carbocycles. The van der Waals surface area contributed by atoms with E-state index >= 15 is 0 Å². The van der Waals surface area contributed by atoms with E-state index in [2.05, 4.69) is 11.9 Å². The van der Waals surface area contributed by atoms with E-state index < -0.39 is 0 Å². The lowest BCUT2D eigenvalue weighted by molar-refractivity contribution is -0.0300. The van der Waals surface area contributed by atoms with Crippen LogP contribution in [0.15, 0.2) is 0 Å². The van der Waals surface area contributed by atoms with Crippen LogP contribution in [0, 0.1) is 5.92 Å². The van der Waals surface area contributed by atoms with Crippen LogP contribution in [0.5, 0.6) is 0 Å². The second-order valence-electron chi connectivity index (χ2n) is 4.11. The van der Waals surface area contributed by atoms with Gasteiger partial charge in [-0.3, -0.25) is 4.90 Å². The molecule has 0 spiro atoms. The SMILES string of the molecule is CN1C2CCC1C(CO)C(O)C2.Cl. The molecule has 0 aromatic heterocycles. The van der Waals surface area contributed by atoms with Crippen LogP contribution in [0.25, 0.3) is 0 Å². The zero-order valence-electron chi connectivity index (χ0n) is 7.89. The summed E-state index contributed by atoms with van der Waals surface area (Å²) in [5.41, 5.74) is 0. The van der Waals surface area contributed by atoms with Crippen molar-refractivity contribution in [1.29, 1.82) is 0 Å². The Bertz CT molecular complexity index is 179. The fraction of sp³-hybridized carbons (Fsp3) is 1.00. The standard InChI is InChI=1S/C9H17NO2.ClH/c1-10-6-2-3-8(10)7(5-11)9(12)4-6;/h6-9,11-12H,2-5H2,1H3;1H. The second kappa shape index (κ2) is 4.13.